The molecule has 0 spiro atoms. The highest BCUT2D eigenvalue weighted by Gasteiger charge is 2.46. The molecular weight excluding hydrogens is 667 g/mol. The number of nitrogens with zero attached hydrogens (tertiary/aromatic N) is 3. The summed E-state index contributed by atoms with van der Waals surface area (Å²) < 4.78 is 0. The van der Waals surface area contributed by atoms with Crippen molar-refractivity contribution < 1.29 is 0 Å². The van der Waals surface area contributed by atoms with Crippen LogP contribution in [0.2, 0.25) is 0 Å². The van der Waals surface area contributed by atoms with Crippen LogP contribution in [0.25, 0.3) is 77.6 Å². The fourth-order valence-corrected chi connectivity index (χ4v) is 8.98. The quantitative estimate of drug-likeness (QED) is 0.133. The van der Waals surface area contributed by atoms with Crippen LogP contribution in [0.1, 0.15) is 22.3 Å². The van der Waals surface area contributed by atoms with Gasteiger partial charge in [-0.15, -0.1) is 0 Å². The summed E-state index contributed by atoms with van der Waals surface area (Å²) in [7, 11) is 0. The smallest absolute Gasteiger partial charge is 0.165 e. The third-order valence-corrected chi connectivity index (χ3v) is 11.4. The first-order valence-corrected chi connectivity index (χ1v) is 18.8. The van der Waals surface area contributed by atoms with Crippen LogP contribution in [0.4, 0.5) is 0 Å². The molecule has 55 heavy (non-hydrogen) atoms. The molecule has 0 aliphatic heterocycles. The van der Waals surface area contributed by atoms with Gasteiger partial charge >= 0.3 is 0 Å². The molecule has 10 aromatic rings. The fraction of sp³-hybridized carbons (Fsp3) is 0.0192. The highest BCUT2D eigenvalue weighted by Crippen LogP contribution is 2.56. The van der Waals surface area contributed by atoms with Crippen molar-refractivity contribution in [3.8, 4) is 45.3 Å². The predicted octanol–water partition coefficient (Wildman–Crippen LogP) is 12.7. The Morgan fingerprint density at radius 1 is 0.309 bits per heavy atom. The summed E-state index contributed by atoms with van der Waals surface area (Å²) in [4.78, 5) is 15.9. The molecule has 0 saturated heterocycles. The number of hydrogen-bond donors (Lipinski definition) is 0. The third kappa shape index (κ3) is 4.80. The molecule has 1 aliphatic rings. The number of aromatic nitrogens is 3. The Kier molecular flexibility index (Phi) is 7.08. The normalized spacial score (nSPS) is 12.9. The Morgan fingerprint density at radius 3 is 1.62 bits per heavy atom. The molecule has 1 heterocycles. The lowest BCUT2D eigenvalue weighted by Crippen LogP contribution is -2.28. The summed E-state index contributed by atoms with van der Waals surface area (Å²) in [5.74, 6) is 1.94. The van der Waals surface area contributed by atoms with Crippen molar-refractivity contribution in [2.75, 3.05) is 0 Å². The molecule has 0 saturated carbocycles. The van der Waals surface area contributed by atoms with Crippen molar-refractivity contribution in [2.45, 2.75) is 5.41 Å². The van der Waals surface area contributed by atoms with E-state index in [-0.39, 0.29) is 0 Å². The molecule has 3 heteroatoms. The lowest BCUT2D eigenvalue weighted by molar-refractivity contribution is 0.768. The van der Waals surface area contributed by atoms with Gasteiger partial charge in [0.05, 0.1) is 5.41 Å². The fourth-order valence-electron chi connectivity index (χ4n) is 8.98. The number of rotatable bonds is 5. The Morgan fingerprint density at radius 2 is 0.873 bits per heavy atom. The lowest BCUT2D eigenvalue weighted by Gasteiger charge is -2.33. The van der Waals surface area contributed by atoms with E-state index >= 15 is 0 Å². The molecular formula is C52H33N3. The molecule has 0 amide bonds. The van der Waals surface area contributed by atoms with E-state index in [0.29, 0.717) is 17.5 Å². The second kappa shape index (κ2) is 12.4. The lowest BCUT2D eigenvalue weighted by atomic mass is 9.67. The van der Waals surface area contributed by atoms with Gasteiger partial charge in [-0.25, -0.2) is 15.0 Å². The zero-order valence-corrected chi connectivity index (χ0v) is 29.9. The van der Waals surface area contributed by atoms with Gasteiger partial charge in [-0.1, -0.05) is 188 Å². The topological polar surface area (TPSA) is 38.7 Å². The predicted molar refractivity (Wildman–Crippen MR) is 226 cm³/mol. The van der Waals surface area contributed by atoms with E-state index in [2.05, 4.69) is 182 Å². The Bertz CT molecular complexity index is 3040. The molecule has 3 nitrogen and oxygen atoms in total. The van der Waals surface area contributed by atoms with Crippen LogP contribution in [0.3, 0.4) is 0 Å². The Balaban J connectivity index is 1.19. The van der Waals surface area contributed by atoms with E-state index in [9.17, 15) is 0 Å². The minimum atomic E-state index is -0.475. The summed E-state index contributed by atoms with van der Waals surface area (Å²) in [5.41, 5.74) is 9.84. The Hall–Kier alpha value is -7.23. The van der Waals surface area contributed by atoms with E-state index in [1.807, 2.05) is 18.2 Å². The van der Waals surface area contributed by atoms with Crippen LogP contribution in [0.15, 0.2) is 200 Å². The van der Waals surface area contributed by atoms with Crippen LogP contribution in [0.5, 0.6) is 0 Å². The molecule has 0 bridgehead atoms. The zero-order chi connectivity index (χ0) is 36.3. The zero-order valence-electron chi connectivity index (χ0n) is 29.9. The molecule has 1 aromatic heterocycles. The van der Waals surface area contributed by atoms with Gasteiger partial charge in [0.15, 0.2) is 17.5 Å². The van der Waals surface area contributed by atoms with Crippen molar-refractivity contribution in [1.29, 1.82) is 0 Å². The van der Waals surface area contributed by atoms with Gasteiger partial charge in [-0.05, 0) is 77.8 Å². The molecule has 11 rings (SSSR count). The van der Waals surface area contributed by atoms with Crippen LogP contribution in [-0.4, -0.2) is 15.0 Å². The summed E-state index contributed by atoms with van der Waals surface area (Å²) in [5, 5.41) is 6.98. The van der Waals surface area contributed by atoms with Gasteiger partial charge in [0.25, 0.3) is 0 Å². The first-order valence-electron chi connectivity index (χ1n) is 18.8. The van der Waals surface area contributed by atoms with Crippen molar-refractivity contribution in [3.05, 3.63) is 222 Å². The number of benzene rings is 9. The summed E-state index contributed by atoms with van der Waals surface area (Å²) >= 11 is 0. The van der Waals surface area contributed by atoms with Crippen molar-refractivity contribution in [2.24, 2.45) is 0 Å². The summed E-state index contributed by atoms with van der Waals surface area (Å²) in [6.45, 7) is 0. The van der Waals surface area contributed by atoms with Gasteiger partial charge in [0.1, 0.15) is 0 Å². The van der Waals surface area contributed by atoms with Crippen molar-refractivity contribution >= 4 is 32.3 Å². The van der Waals surface area contributed by atoms with Crippen molar-refractivity contribution in [1.82, 2.24) is 15.0 Å². The summed E-state index contributed by atoms with van der Waals surface area (Å²) in [6, 6.07) is 71.6. The van der Waals surface area contributed by atoms with Crippen LogP contribution in [0, 0.1) is 0 Å². The van der Waals surface area contributed by atoms with Crippen LogP contribution in [-0.2, 0) is 5.41 Å². The average Bonchev–Trinajstić information content (AvgIpc) is 3.57. The van der Waals surface area contributed by atoms with E-state index in [4.69, 9.17) is 15.0 Å². The number of hydrogen-bond acceptors (Lipinski definition) is 3. The van der Waals surface area contributed by atoms with E-state index in [0.717, 1.165) is 32.8 Å². The maximum absolute atomic E-state index is 5.39. The first kappa shape index (κ1) is 31.3. The molecule has 9 aromatic carbocycles. The van der Waals surface area contributed by atoms with Gasteiger partial charge in [0, 0.05) is 16.7 Å². The monoisotopic (exact) mass is 699 g/mol. The standard InChI is InChI=1S/C52H33N3/c1-4-17-35(18-5-1)49-53-50(55-51(54-49)48-41-25-13-11-19-36(41)32-44-40-24-12-10-16-34(40)28-30-43(44)48)37-29-31-47-45(33-37)42-26-14-15-27-46(42)52(47,38-20-6-2-7-21-38)39-22-8-3-9-23-39/h1-33H. The minimum absolute atomic E-state index is 0.475. The van der Waals surface area contributed by atoms with Gasteiger partial charge in [0.2, 0.25) is 0 Å². The highest BCUT2D eigenvalue weighted by molar-refractivity contribution is 6.19. The van der Waals surface area contributed by atoms with E-state index in [1.54, 1.807) is 0 Å². The minimum Gasteiger partial charge on any atom is -0.208 e. The largest absolute Gasteiger partial charge is 0.208 e. The van der Waals surface area contributed by atoms with Gasteiger partial charge in [-0.2, -0.15) is 0 Å². The number of fused-ring (bicyclic) bond motifs is 7. The van der Waals surface area contributed by atoms with E-state index in [1.165, 1.54) is 49.5 Å². The second-order valence-electron chi connectivity index (χ2n) is 14.3. The molecule has 0 fully saturated rings. The molecule has 256 valence electrons. The Labute approximate surface area is 319 Å². The molecule has 0 N–H and O–H groups in total. The van der Waals surface area contributed by atoms with Crippen LogP contribution < -0.4 is 0 Å². The first-order chi connectivity index (χ1) is 27.3. The third-order valence-electron chi connectivity index (χ3n) is 11.4. The average molecular weight is 700 g/mol. The summed E-state index contributed by atoms with van der Waals surface area (Å²) in [6.07, 6.45) is 0. The maximum Gasteiger partial charge on any atom is 0.165 e. The second-order valence-corrected chi connectivity index (χ2v) is 14.3. The maximum atomic E-state index is 5.39. The van der Waals surface area contributed by atoms with E-state index < -0.39 is 5.41 Å². The van der Waals surface area contributed by atoms with Gasteiger partial charge in [-0.3, -0.25) is 0 Å². The van der Waals surface area contributed by atoms with Crippen LogP contribution >= 0.6 is 0 Å². The van der Waals surface area contributed by atoms with Crippen molar-refractivity contribution in [3.63, 3.8) is 0 Å². The SMILES string of the molecule is c1ccc(-c2nc(-c3ccc4c(c3)-c3ccccc3C4(c3ccccc3)c3ccccc3)nc(-c3c4ccccc4cc4c3ccc3ccccc34)n2)cc1. The molecule has 1 aliphatic carbocycles. The molecule has 0 unspecified atom stereocenters. The highest BCUT2D eigenvalue weighted by atomic mass is 15.0. The van der Waals surface area contributed by atoms with Gasteiger partial charge < -0.3 is 0 Å². The molecule has 0 radical (unpaired) electrons. The molecule has 0 atom stereocenters.